The molecule has 0 saturated heterocycles. The Kier molecular flexibility index (Phi) is 6.75. The highest BCUT2D eigenvalue weighted by molar-refractivity contribution is 6.40. The van der Waals surface area contributed by atoms with E-state index in [1.54, 1.807) is 12.1 Å². The van der Waals surface area contributed by atoms with Crippen LogP contribution in [0.3, 0.4) is 0 Å². The molecule has 17 heavy (non-hydrogen) atoms. The molecule has 0 spiro atoms. The molecule has 0 amide bonds. The van der Waals surface area contributed by atoms with Crippen molar-refractivity contribution in [2.45, 2.75) is 6.42 Å². The van der Waals surface area contributed by atoms with E-state index in [0.29, 0.717) is 27.4 Å². The second-order valence-corrected chi connectivity index (χ2v) is 4.64. The van der Waals surface area contributed by atoms with Gasteiger partial charge in [0.1, 0.15) is 0 Å². The number of benzene rings is 1. The monoisotopic (exact) mass is 293 g/mol. The van der Waals surface area contributed by atoms with Crippen LogP contribution in [0.1, 0.15) is 6.42 Å². The maximum Gasteiger partial charge on any atom is 0.156 e. The second-order valence-electron chi connectivity index (χ2n) is 3.39. The third kappa shape index (κ3) is 5.17. The summed E-state index contributed by atoms with van der Waals surface area (Å²) < 4.78 is 5.51. The summed E-state index contributed by atoms with van der Waals surface area (Å²) in [4.78, 5) is 0. The molecule has 0 bridgehead atoms. The quantitative estimate of drug-likeness (QED) is 0.601. The van der Waals surface area contributed by atoms with E-state index < -0.39 is 0 Å². The molecular formula is C12H14Cl3NO. The summed E-state index contributed by atoms with van der Waals surface area (Å²) in [6.45, 7) is 5.81. The highest BCUT2D eigenvalue weighted by atomic mass is 35.5. The first kappa shape index (κ1) is 14.7. The van der Waals surface area contributed by atoms with Gasteiger partial charge < -0.3 is 10.1 Å². The lowest BCUT2D eigenvalue weighted by atomic mass is 10.3. The molecule has 1 rings (SSSR count). The van der Waals surface area contributed by atoms with E-state index in [1.807, 2.05) is 6.08 Å². The Hall–Kier alpha value is -0.410. The topological polar surface area (TPSA) is 21.3 Å². The molecule has 0 heterocycles. The van der Waals surface area contributed by atoms with Crippen molar-refractivity contribution in [1.82, 2.24) is 5.32 Å². The first-order valence-corrected chi connectivity index (χ1v) is 6.37. The van der Waals surface area contributed by atoms with Crippen molar-refractivity contribution >= 4 is 34.8 Å². The van der Waals surface area contributed by atoms with Crippen molar-refractivity contribution in [3.63, 3.8) is 0 Å². The van der Waals surface area contributed by atoms with Crippen LogP contribution in [0.15, 0.2) is 24.8 Å². The van der Waals surface area contributed by atoms with Crippen LogP contribution in [0.2, 0.25) is 15.1 Å². The Bertz CT molecular complexity index is 359. The molecular weight excluding hydrogens is 280 g/mol. The van der Waals surface area contributed by atoms with Crippen LogP contribution in [-0.2, 0) is 0 Å². The first-order chi connectivity index (χ1) is 8.15. The number of halogens is 3. The molecule has 1 aromatic rings. The molecule has 0 aliphatic heterocycles. The predicted octanol–water partition coefficient (Wildman–Crippen LogP) is 4.19. The van der Waals surface area contributed by atoms with E-state index in [4.69, 9.17) is 39.5 Å². The minimum atomic E-state index is 0.432. The molecule has 0 saturated carbocycles. The number of ether oxygens (including phenoxy) is 1. The van der Waals surface area contributed by atoms with Crippen LogP contribution in [0.5, 0.6) is 5.75 Å². The molecule has 5 heteroatoms. The van der Waals surface area contributed by atoms with Crippen LogP contribution < -0.4 is 10.1 Å². The van der Waals surface area contributed by atoms with Gasteiger partial charge in [-0.05, 0) is 25.1 Å². The Morgan fingerprint density at radius 1 is 1.24 bits per heavy atom. The Balaban J connectivity index is 2.39. The summed E-state index contributed by atoms with van der Waals surface area (Å²) in [6.07, 6.45) is 2.68. The molecule has 1 aromatic carbocycles. The summed E-state index contributed by atoms with van der Waals surface area (Å²) in [7, 11) is 0. The van der Waals surface area contributed by atoms with Crippen molar-refractivity contribution in [2.24, 2.45) is 0 Å². The minimum Gasteiger partial charge on any atom is -0.490 e. The van der Waals surface area contributed by atoms with Gasteiger partial charge in [0.2, 0.25) is 0 Å². The Morgan fingerprint density at radius 3 is 2.47 bits per heavy atom. The average molecular weight is 295 g/mol. The van der Waals surface area contributed by atoms with Gasteiger partial charge in [-0.15, -0.1) is 6.58 Å². The Morgan fingerprint density at radius 2 is 1.88 bits per heavy atom. The predicted molar refractivity (Wildman–Crippen MR) is 74.7 cm³/mol. The number of rotatable bonds is 7. The number of nitrogens with one attached hydrogen (secondary N) is 1. The van der Waals surface area contributed by atoms with Gasteiger partial charge in [-0.1, -0.05) is 40.9 Å². The molecule has 94 valence electrons. The van der Waals surface area contributed by atoms with Crippen LogP contribution in [0.25, 0.3) is 0 Å². The first-order valence-electron chi connectivity index (χ1n) is 5.24. The fourth-order valence-electron chi connectivity index (χ4n) is 1.24. The summed E-state index contributed by atoms with van der Waals surface area (Å²) in [5.41, 5.74) is 0. The molecule has 0 aliphatic rings. The summed E-state index contributed by atoms with van der Waals surface area (Å²) >= 11 is 17.7. The molecule has 0 unspecified atom stereocenters. The number of hydrogen-bond acceptors (Lipinski definition) is 2. The van der Waals surface area contributed by atoms with Crippen LogP contribution in [0, 0.1) is 0 Å². The molecule has 0 aromatic heterocycles. The standard InChI is InChI=1S/C12H14Cl3NO/c1-2-4-16-5-3-6-17-12-10(14)7-9(13)8-11(12)15/h2,7-8,16H,1,3-6H2. The zero-order valence-electron chi connectivity index (χ0n) is 9.31. The van der Waals surface area contributed by atoms with E-state index in [1.165, 1.54) is 0 Å². The summed E-state index contributed by atoms with van der Waals surface area (Å²) in [6, 6.07) is 3.22. The van der Waals surface area contributed by atoms with Crippen molar-refractivity contribution in [3.05, 3.63) is 39.9 Å². The van der Waals surface area contributed by atoms with Gasteiger partial charge in [0.25, 0.3) is 0 Å². The van der Waals surface area contributed by atoms with Crippen LogP contribution in [-0.4, -0.2) is 19.7 Å². The van der Waals surface area contributed by atoms with Crippen LogP contribution >= 0.6 is 34.8 Å². The van der Waals surface area contributed by atoms with Crippen molar-refractivity contribution < 1.29 is 4.74 Å². The SMILES string of the molecule is C=CCNCCCOc1c(Cl)cc(Cl)cc1Cl. The summed E-state index contributed by atoms with van der Waals surface area (Å²) in [5.74, 6) is 0.487. The fourth-order valence-corrected chi connectivity index (χ4v) is 2.17. The maximum atomic E-state index is 5.97. The highest BCUT2D eigenvalue weighted by Gasteiger charge is 2.08. The lowest BCUT2D eigenvalue weighted by Gasteiger charge is -2.10. The highest BCUT2D eigenvalue weighted by Crippen LogP contribution is 2.35. The molecule has 0 atom stereocenters. The maximum absolute atomic E-state index is 5.97. The van der Waals surface area contributed by atoms with E-state index >= 15 is 0 Å². The second kappa shape index (κ2) is 7.83. The smallest absolute Gasteiger partial charge is 0.156 e. The fraction of sp³-hybridized carbons (Fsp3) is 0.333. The van der Waals surface area contributed by atoms with E-state index in [0.717, 1.165) is 19.5 Å². The largest absolute Gasteiger partial charge is 0.490 e. The molecule has 0 radical (unpaired) electrons. The normalized spacial score (nSPS) is 10.3. The van der Waals surface area contributed by atoms with Gasteiger partial charge in [-0.3, -0.25) is 0 Å². The number of hydrogen-bond donors (Lipinski definition) is 1. The zero-order valence-corrected chi connectivity index (χ0v) is 11.6. The van der Waals surface area contributed by atoms with Gasteiger partial charge in [0.05, 0.1) is 16.7 Å². The molecule has 2 nitrogen and oxygen atoms in total. The molecule has 0 fully saturated rings. The van der Waals surface area contributed by atoms with Gasteiger partial charge in [0, 0.05) is 11.6 Å². The van der Waals surface area contributed by atoms with E-state index in [-0.39, 0.29) is 0 Å². The lowest BCUT2D eigenvalue weighted by Crippen LogP contribution is -2.17. The van der Waals surface area contributed by atoms with Gasteiger partial charge >= 0.3 is 0 Å². The van der Waals surface area contributed by atoms with Crippen LogP contribution in [0.4, 0.5) is 0 Å². The third-order valence-electron chi connectivity index (χ3n) is 2.00. The summed E-state index contributed by atoms with van der Waals surface area (Å²) in [5, 5.41) is 4.54. The van der Waals surface area contributed by atoms with Gasteiger partial charge in [-0.2, -0.15) is 0 Å². The third-order valence-corrected chi connectivity index (χ3v) is 2.78. The zero-order chi connectivity index (χ0) is 12.7. The van der Waals surface area contributed by atoms with Gasteiger partial charge in [-0.25, -0.2) is 0 Å². The molecule has 1 N–H and O–H groups in total. The molecule has 0 aliphatic carbocycles. The van der Waals surface area contributed by atoms with E-state index in [9.17, 15) is 0 Å². The average Bonchev–Trinajstić information content (AvgIpc) is 2.26. The van der Waals surface area contributed by atoms with Crippen molar-refractivity contribution in [2.75, 3.05) is 19.7 Å². The van der Waals surface area contributed by atoms with E-state index in [2.05, 4.69) is 11.9 Å². The van der Waals surface area contributed by atoms with Crippen molar-refractivity contribution in [3.8, 4) is 5.75 Å². The van der Waals surface area contributed by atoms with Crippen molar-refractivity contribution in [1.29, 1.82) is 0 Å². The van der Waals surface area contributed by atoms with Gasteiger partial charge in [0.15, 0.2) is 5.75 Å². The Labute approximate surface area is 117 Å². The lowest BCUT2D eigenvalue weighted by molar-refractivity contribution is 0.309. The minimum absolute atomic E-state index is 0.432.